The molecule has 0 amide bonds. The van der Waals surface area contributed by atoms with Crippen LogP contribution in [0.2, 0.25) is 5.02 Å². The highest BCUT2D eigenvalue weighted by atomic mass is 35.5. The van der Waals surface area contributed by atoms with Gasteiger partial charge in [0.15, 0.2) is 0 Å². The number of aromatic nitrogens is 2. The Hall–Kier alpha value is -1.13. The van der Waals surface area contributed by atoms with E-state index < -0.39 is 0 Å². The Labute approximate surface area is 90.5 Å². The van der Waals surface area contributed by atoms with Gasteiger partial charge in [-0.1, -0.05) is 22.9 Å². The number of hydrogen-bond donors (Lipinski definition) is 1. The van der Waals surface area contributed by atoms with Crippen LogP contribution in [0.4, 0.5) is 5.69 Å². The summed E-state index contributed by atoms with van der Waals surface area (Å²) in [6, 6.07) is 5.34. The predicted octanol–water partition coefficient (Wildman–Crippen LogP) is 2.75. The van der Waals surface area contributed by atoms with Gasteiger partial charge in [-0.2, -0.15) is 0 Å². The molecule has 0 saturated carbocycles. The van der Waals surface area contributed by atoms with Gasteiger partial charge in [0.25, 0.3) is 0 Å². The highest BCUT2D eigenvalue weighted by Crippen LogP contribution is 2.31. The summed E-state index contributed by atoms with van der Waals surface area (Å²) in [5, 5.41) is 10.3. The number of benzene rings is 1. The lowest BCUT2D eigenvalue weighted by Gasteiger charge is -2.00. The molecular weight excluding hydrogens is 218 g/mol. The maximum Gasteiger partial charge on any atom is 0.149 e. The lowest BCUT2D eigenvalue weighted by atomic mass is 10.2. The first-order chi connectivity index (χ1) is 6.66. The fourth-order valence-corrected chi connectivity index (χ4v) is 2.10. The van der Waals surface area contributed by atoms with E-state index in [9.17, 15) is 0 Å². The summed E-state index contributed by atoms with van der Waals surface area (Å²) in [6.07, 6.45) is 0. The molecule has 0 aliphatic rings. The van der Waals surface area contributed by atoms with Crippen molar-refractivity contribution < 1.29 is 0 Å². The molecule has 0 aliphatic heterocycles. The molecule has 0 fully saturated rings. The number of nitrogens with two attached hydrogens (primary N) is 1. The van der Waals surface area contributed by atoms with Crippen LogP contribution in [-0.4, -0.2) is 10.2 Å². The normalized spacial score (nSPS) is 10.4. The molecule has 0 spiro atoms. The minimum Gasteiger partial charge on any atom is -0.399 e. The minimum absolute atomic E-state index is 0.648. The van der Waals surface area contributed by atoms with Crippen molar-refractivity contribution in [3.63, 3.8) is 0 Å². The van der Waals surface area contributed by atoms with Gasteiger partial charge in [-0.3, -0.25) is 0 Å². The Morgan fingerprint density at radius 1 is 1.36 bits per heavy atom. The Bertz CT molecular complexity index is 467. The molecule has 5 heteroatoms. The van der Waals surface area contributed by atoms with Gasteiger partial charge in [0.1, 0.15) is 10.0 Å². The summed E-state index contributed by atoms with van der Waals surface area (Å²) in [4.78, 5) is 0. The number of rotatable bonds is 1. The predicted molar refractivity (Wildman–Crippen MR) is 59.5 cm³/mol. The third-order valence-electron chi connectivity index (χ3n) is 1.75. The highest BCUT2D eigenvalue weighted by molar-refractivity contribution is 7.14. The number of hydrogen-bond acceptors (Lipinski definition) is 4. The van der Waals surface area contributed by atoms with Gasteiger partial charge in [0, 0.05) is 11.3 Å². The fourth-order valence-electron chi connectivity index (χ4n) is 1.11. The van der Waals surface area contributed by atoms with Crippen LogP contribution in [-0.2, 0) is 0 Å². The van der Waals surface area contributed by atoms with Gasteiger partial charge >= 0.3 is 0 Å². The Morgan fingerprint density at radius 2 is 2.14 bits per heavy atom. The van der Waals surface area contributed by atoms with Gasteiger partial charge in [0.2, 0.25) is 0 Å². The molecule has 0 radical (unpaired) electrons. The van der Waals surface area contributed by atoms with E-state index in [4.69, 9.17) is 17.3 Å². The SMILES string of the molecule is Cc1nnc(-c2cc(N)ccc2Cl)s1. The van der Waals surface area contributed by atoms with Crippen LogP contribution < -0.4 is 5.73 Å². The van der Waals surface area contributed by atoms with Crippen molar-refractivity contribution in [3.05, 3.63) is 28.2 Å². The Balaban J connectivity index is 2.55. The number of aryl methyl sites for hydroxylation is 1. The van der Waals surface area contributed by atoms with Crippen molar-refractivity contribution in [2.75, 3.05) is 5.73 Å². The zero-order valence-electron chi connectivity index (χ0n) is 7.49. The number of anilines is 1. The summed E-state index contributed by atoms with van der Waals surface area (Å²) in [6.45, 7) is 1.90. The summed E-state index contributed by atoms with van der Waals surface area (Å²) in [7, 11) is 0. The first-order valence-electron chi connectivity index (χ1n) is 4.02. The lowest BCUT2D eigenvalue weighted by molar-refractivity contribution is 1.05. The van der Waals surface area contributed by atoms with E-state index in [-0.39, 0.29) is 0 Å². The molecule has 0 saturated heterocycles. The maximum atomic E-state index is 6.02. The largest absolute Gasteiger partial charge is 0.399 e. The standard InChI is InChI=1S/C9H8ClN3S/c1-5-12-13-9(14-5)7-4-6(11)2-3-8(7)10/h2-4H,11H2,1H3. The fraction of sp³-hybridized carbons (Fsp3) is 0.111. The average molecular weight is 226 g/mol. The quantitative estimate of drug-likeness (QED) is 0.760. The third kappa shape index (κ3) is 1.71. The van der Waals surface area contributed by atoms with Gasteiger partial charge in [-0.25, -0.2) is 0 Å². The molecule has 0 bridgehead atoms. The molecular formula is C9H8ClN3S. The number of nitrogen functional groups attached to an aromatic ring is 1. The zero-order chi connectivity index (χ0) is 10.1. The molecule has 72 valence electrons. The zero-order valence-corrected chi connectivity index (χ0v) is 9.06. The first-order valence-corrected chi connectivity index (χ1v) is 5.22. The van der Waals surface area contributed by atoms with Crippen molar-refractivity contribution in [1.82, 2.24) is 10.2 Å². The second-order valence-electron chi connectivity index (χ2n) is 2.87. The Kier molecular flexibility index (Phi) is 2.39. The smallest absolute Gasteiger partial charge is 0.149 e. The molecule has 0 atom stereocenters. The summed E-state index contributed by atoms with van der Waals surface area (Å²) >= 11 is 7.52. The van der Waals surface area contributed by atoms with Crippen LogP contribution in [0.1, 0.15) is 5.01 Å². The molecule has 14 heavy (non-hydrogen) atoms. The van der Waals surface area contributed by atoms with Crippen LogP contribution in [0.25, 0.3) is 10.6 Å². The molecule has 2 N–H and O–H groups in total. The minimum atomic E-state index is 0.648. The van der Waals surface area contributed by atoms with Crippen LogP contribution in [0.15, 0.2) is 18.2 Å². The molecule has 1 heterocycles. The molecule has 2 aromatic rings. The molecule has 1 aromatic carbocycles. The number of halogens is 1. The van der Waals surface area contributed by atoms with E-state index in [0.29, 0.717) is 10.7 Å². The van der Waals surface area contributed by atoms with Crippen molar-refractivity contribution in [3.8, 4) is 10.6 Å². The van der Waals surface area contributed by atoms with E-state index >= 15 is 0 Å². The van der Waals surface area contributed by atoms with Crippen LogP contribution >= 0.6 is 22.9 Å². The second kappa shape index (κ2) is 3.55. The van der Waals surface area contributed by atoms with Gasteiger partial charge in [0.05, 0.1) is 5.02 Å². The van der Waals surface area contributed by atoms with E-state index in [2.05, 4.69) is 10.2 Å². The first kappa shape index (κ1) is 9.43. The van der Waals surface area contributed by atoms with Crippen LogP contribution in [0.3, 0.4) is 0 Å². The summed E-state index contributed by atoms with van der Waals surface area (Å²) in [5.74, 6) is 0. The van der Waals surface area contributed by atoms with Crippen molar-refractivity contribution in [1.29, 1.82) is 0 Å². The van der Waals surface area contributed by atoms with Crippen LogP contribution in [0, 0.1) is 6.92 Å². The van der Waals surface area contributed by atoms with E-state index in [0.717, 1.165) is 15.6 Å². The van der Waals surface area contributed by atoms with Crippen molar-refractivity contribution in [2.24, 2.45) is 0 Å². The molecule has 1 aromatic heterocycles. The maximum absolute atomic E-state index is 6.02. The van der Waals surface area contributed by atoms with Crippen LogP contribution in [0.5, 0.6) is 0 Å². The topological polar surface area (TPSA) is 51.8 Å². The summed E-state index contributed by atoms with van der Waals surface area (Å²) < 4.78 is 0. The third-order valence-corrected chi connectivity index (χ3v) is 2.95. The molecule has 3 nitrogen and oxygen atoms in total. The molecule has 2 rings (SSSR count). The van der Waals surface area contributed by atoms with Crippen molar-refractivity contribution >= 4 is 28.6 Å². The van der Waals surface area contributed by atoms with E-state index in [1.165, 1.54) is 11.3 Å². The van der Waals surface area contributed by atoms with E-state index in [1.54, 1.807) is 12.1 Å². The number of nitrogens with zero attached hydrogens (tertiary/aromatic N) is 2. The van der Waals surface area contributed by atoms with Gasteiger partial charge in [-0.05, 0) is 25.1 Å². The molecule has 0 aliphatic carbocycles. The lowest BCUT2D eigenvalue weighted by Crippen LogP contribution is -1.86. The van der Waals surface area contributed by atoms with E-state index in [1.807, 2.05) is 13.0 Å². The van der Waals surface area contributed by atoms with Crippen molar-refractivity contribution in [2.45, 2.75) is 6.92 Å². The monoisotopic (exact) mass is 225 g/mol. The summed E-state index contributed by atoms with van der Waals surface area (Å²) in [5.41, 5.74) is 7.19. The second-order valence-corrected chi connectivity index (χ2v) is 4.45. The average Bonchev–Trinajstić information content (AvgIpc) is 2.56. The van der Waals surface area contributed by atoms with Gasteiger partial charge < -0.3 is 5.73 Å². The highest BCUT2D eigenvalue weighted by Gasteiger charge is 2.08. The molecule has 0 unspecified atom stereocenters. The van der Waals surface area contributed by atoms with Gasteiger partial charge in [-0.15, -0.1) is 10.2 Å². The Morgan fingerprint density at radius 3 is 2.79 bits per heavy atom.